The molecule has 0 bridgehead atoms. The largest absolute Gasteiger partial charge is 0.497 e. The van der Waals surface area contributed by atoms with Crippen LogP contribution in [-0.4, -0.2) is 17.1 Å². The van der Waals surface area contributed by atoms with E-state index in [9.17, 15) is 5.26 Å². The van der Waals surface area contributed by atoms with E-state index < -0.39 is 0 Å². The van der Waals surface area contributed by atoms with Gasteiger partial charge in [0.1, 0.15) is 30.0 Å². The number of hydrogen-bond donors (Lipinski definition) is 1. The molecule has 0 aliphatic heterocycles. The van der Waals surface area contributed by atoms with E-state index >= 15 is 0 Å². The highest BCUT2D eigenvalue weighted by Gasteiger charge is 2.13. The zero-order valence-corrected chi connectivity index (χ0v) is 20.0. The smallest absolute Gasteiger partial charge is 0.149 e. The Morgan fingerprint density at radius 1 is 1.06 bits per heavy atom. The summed E-state index contributed by atoms with van der Waals surface area (Å²) in [5, 5.41) is 12.1. The minimum Gasteiger partial charge on any atom is -0.497 e. The Kier molecular flexibility index (Phi) is 6.03. The first-order valence-electron chi connectivity index (χ1n) is 10.7. The van der Waals surface area contributed by atoms with Gasteiger partial charge in [0.15, 0.2) is 0 Å². The first-order valence-corrected chi connectivity index (χ1v) is 11.5. The lowest BCUT2D eigenvalue weighted by atomic mass is 10.0. The number of aromatic amines is 1. The molecule has 5 rings (SSSR count). The first-order chi connectivity index (χ1) is 16.6. The van der Waals surface area contributed by atoms with Crippen LogP contribution in [0.15, 0.2) is 83.3 Å². The molecule has 0 radical (unpaired) electrons. The summed E-state index contributed by atoms with van der Waals surface area (Å²) in [6.07, 6.45) is 1.84. The van der Waals surface area contributed by atoms with E-state index in [1.165, 1.54) is 0 Å². The molecule has 0 saturated carbocycles. The van der Waals surface area contributed by atoms with Crippen molar-refractivity contribution in [1.82, 2.24) is 9.97 Å². The van der Waals surface area contributed by atoms with Crippen LogP contribution in [0, 0.1) is 11.3 Å². The topological polar surface area (TPSA) is 70.9 Å². The van der Waals surface area contributed by atoms with Gasteiger partial charge in [0.05, 0.1) is 23.7 Å². The zero-order chi connectivity index (χ0) is 23.5. The maximum Gasteiger partial charge on any atom is 0.149 e. The average molecular weight is 510 g/mol. The molecule has 0 amide bonds. The second-order valence-electron chi connectivity index (χ2n) is 7.75. The molecule has 0 aliphatic carbocycles. The van der Waals surface area contributed by atoms with Crippen molar-refractivity contribution in [3.63, 3.8) is 0 Å². The van der Waals surface area contributed by atoms with Gasteiger partial charge in [-0.15, -0.1) is 0 Å². The Hall–Kier alpha value is -4.08. The lowest BCUT2D eigenvalue weighted by Crippen LogP contribution is -1.98. The molecule has 0 aliphatic rings. The summed E-state index contributed by atoms with van der Waals surface area (Å²) in [6, 6.07) is 27.9. The summed E-state index contributed by atoms with van der Waals surface area (Å²) in [6.45, 7) is 0.415. The third-order valence-electron chi connectivity index (χ3n) is 5.59. The van der Waals surface area contributed by atoms with E-state index in [0.29, 0.717) is 23.8 Å². The molecule has 1 heterocycles. The van der Waals surface area contributed by atoms with E-state index in [4.69, 9.17) is 9.47 Å². The number of nitrogens with one attached hydrogen (secondary N) is 1. The molecule has 5 nitrogen and oxygen atoms in total. The highest BCUT2D eigenvalue weighted by molar-refractivity contribution is 9.10. The van der Waals surface area contributed by atoms with E-state index in [1.54, 1.807) is 7.11 Å². The fourth-order valence-electron chi connectivity index (χ4n) is 3.83. The first kappa shape index (κ1) is 21.7. The van der Waals surface area contributed by atoms with Crippen LogP contribution in [0.3, 0.4) is 0 Å². The molecular formula is C28H20BrN3O2. The number of halogens is 1. The number of H-pyrrole nitrogens is 1. The van der Waals surface area contributed by atoms with Crippen molar-refractivity contribution in [2.75, 3.05) is 7.11 Å². The van der Waals surface area contributed by atoms with Crippen molar-refractivity contribution in [1.29, 1.82) is 5.26 Å². The fourth-order valence-corrected chi connectivity index (χ4v) is 4.10. The Labute approximate surface area is 205 Å². The lowest BCUT2D eigenvalue weighted by molar-refractivity contribution is 0.306. The summed E-state index contributed by atoms with van der Waals surface area (Å²) < 4.78 is 12.5. The Morgan fingerprint density at radius 3 is 2.68 bits per heavy atom. The number of methoxy groups -OCH3 is 1. The highest BCUT2D eigenvalue weighted by Crippen LogP contribution is 2.33. The standard InChI is InChI=1S/C28H20BrN3O2/c1-33-22-11-12-25-26(15-22)32-28(31-25)20(16-30)14-24-23-5-3-2-4-19(23)8-13-27(24)34-17-18-6-9-21(29)10-7-18/h2-15H,17H2,1H3,(H,31,32)/b20-14-. The molecular weight excluding hydrogens is 490 g/mol. The second kappa shape index (κ2) is 9.42. The number of nitriles is 1. The van der Waals surface area contributed by atoms with Crippen molar-refractivity contribution in [2.24, 2.45) is 0 Å². The second-order valence-corrected chi connectivity index (χ2v) is 8.67. The molecule has 6 heteroatoms. The van der Waals surface area contributed by atoms with Gasteiger partial charge in [-0.1, -0.05) is 58.4 Å². The quantitative estimate of drug-likeness (QED) is 0.247. The van der Waals surface area contributed by atoms with E-state index in [-0.39, 0.29) is 0 Å². The molecule has 0 atom stereocenters. The maximum absolute atomic E-state index is 10.0. The van der Waals surface area contributed by atoms with Gasteiger partial charge in [0.25, 0.3) is 0 Å². The van der Waals surface area contributed by atoms with Crippen molar-refractivity contribution < 1.29 is 9.47 Å². The minimum atomic E-state index is 0.415. The monoisotopic (exact) mass is 509 g/mol. The number of benzene rings is 4. The van der Waals surface area contributed by atoms with Gasteiger partial charge < -0.3 is 14.5 Å². The summed E-state index contributed by atoms with van der Waals surface area (Å²) >= 11 is 3.46. The number of fused-ring (bicyclic) bond motifs is 2. The Balaban J connectivity index is 1.58. The van der Waals surface area contributed by atoms with Crippen molar-refractivity contribution in [3.05, 3.63) is 100 Å². The van der Waals surface area contributed by atoms with E-state index in [1.807, 2.05) is 84.9 Å². The summed E-state index contributed by atoms with van der Waals surface area (Å²) in [7, 11) is 1.62. The van der Waals surface area contributed by atoms with Crippen LogP contribution in [0.5, 0.6) is 11.5 Å². The third kappa shape index (κ3) is 4.39. The van der Waals surface area contributed by atoms with Crippen LogP contribution in [0.2, 0.25) is 0 Å². The number of hydrogen-bond acceptors (Lipinski definition) is 4. The molecule has 0 saturated heterocycles. The number of aromatic nitrogens is 2. The highest BCUT2D eigenvalue weighted by atomic mass is 79.9. The molecule has 34 heavy (non-hydrogen) atoms. The number of nitrogens with zero attached hydrogens (tertiary/aromatic N) is 2. The van der Waals surface area contributed by atoms with Crippen LogP contribution < -0.4 is 9.47 Å². The fraction of sp³-hybridized carbons (Fsp3) is 0.0714. The molecule has 0 spiro atoms. The molecule has 5 aromatic rings. The Morgan fingerprint density at radius 2 is 1.88 bits per heavy atom. The van der Waals surface area contributed by atoms with Crippen molar-refractivity contribution in [3.8, 4) is 17.6 Å². The van der Waals surface area contributed by atoms with Gasteiger partial charge in [0, 0.05) is 16.1 Å². The van der Waals surface area contributed by atoms with Gasteiger partial charge in [-0.2, -0.15) is 5.26 Å². The Bertz CT molecular complexity index is 1560. The number of rotatable bonds is 6. The molecule has 0 unspecified atom stereocenters. The van der Waals surface area contributed by atoms with Crippen LogP contribution in [0.25, 0.3) is 33.5 Å². The molecule has 4 aromatic carbocycles. The van der Waals surface area contributed by atoms with Gasteiger partial charge in [-0.25, -0.2) is 4.98 Å². The van der Waals surface area contributed by atoms with Gasteiger partial charge >= 0.3 is 0 Å². The van der Waals surface area contributed by atoms with Crippen LogP contribution in [0.4, 0.5) is 0 Å². The number of allylic oxidation sites excluding steroid dienone is 1. The van der Waals surface area contributed by atoms with Crippen molar-refractivity contribution in [2.45, 2.75) is 6.61 Å². The summed E-state index contributed by atoms with van der Waals surface area (Å²) in [4.78, 5) is 7.86. The van der Waals surface area contributed by atoms with Gasteiger partial charge in [-0.3, -0.25) is 0 Å². The van der Waals surface area contributed by atoms with E-state index in [2.05, 4.69) is 32.0 Å². The average Bonchev–Trinajstić information content (AvgIpc) is 3.30. The maximum atomic E-state index is 10.0. The summed E-state index contributed by atoms with van der Waals surface area (Å²) in [5.41, 5.74) is 3.88. The van der Waals surface area contributed by atoms with Crippen LogP contribution >= 0.6 is 15.9 Å². The SMILES string of the molecule is COc1ccc2nc(/C(C#N)=C\c3c(OCc4ccc(Br)cc4)ccc4ccccc34)[nH]c2c1. The predicted octanol–water partition coefficient (Wildman–Crippen LogP) is 7.13. The number of imidazole rings is 1. The van der Waals surface area contributed by atoms with Crippen molar-refractivity contribution >= 4 is 49.4 Å². The number of ether oxygens (including phenoxy) is 2. The van der Waals surface area contributed by atoms with Crippen LogP contribution in [-0.2, 0) is 6.61 Å². The van der Waals surface area contributed by atoms with Gasteiger partial charge in [0.2, 0.25) is 0 Å². The minimum absolute atomic E-state index is 0.415. The zero-order valence-electron chi connectivity index (χ0n) is 18.4. The molecule has 0 fully saturated rings. The third-order valence-corrected chi connectivity index (χ3v) is 6.12. The normalized spacial score (nSPS) is 11.5. The predicted molar refractivity (Wildman–Crippen MR) is 139 cm³/mol. The summed E-state index contributed by atoms with van der Waals surface area (Å²) in [5.74, 6) is 1.92. The van der Waals surface area contributed by atoms with Gasteiger partial charge in [-0.05, 0) is 52.7 Å². The molecule has 1 aromatic heterocycles. The van der Waals surface area contributed by atoms with Crippen LogP contribution in [0.1, 0.15) is 17.0 Å². The lowest BCUT2D eigenvalue weighted by Gasteiger charge is -2.13. The van der Waals surface area contributed by atoms with E-state index in [0.717, 1.165) is 43.2 Å². The molecule has 166 valence electrons. The molecule has 1 N–H and O–H groups in total.